The molecule has 1 saturated heterocycles. The number of hydrogen-bond donors (Lipinski definition) is 2. The van der Waals surface area contributed by atoms with E-state index in [2.05, 4.69) is 22.2 Å². The van der Waals surface area contributed by atoms with E-state index >= 15 is 0 Å². The van der Waals surface area contributed by atoms with Crippen LogP contribution in [0.15, 0.2) is 47.9 Å². The number of nitrogens with zero attached hydrogens (tertiary/aromatic N) is 3. The highest BCUT2D eigenvalue weighted by molar-refractivity contribution is 7.80. The molecule has 1 fully saturated rings. The Morgan fingerprint density at radius 1 is 1.36 bits per heavy atom. The number of likely N-dealkylation sites (N-methyl/N-ethyl adjacent to an activating group) is 1. The van der Waals surface area contributed by atoms with Crippen molar-refractivity contribution >= 4 is 28.8 Å². The van der Waals surface area contributed by atoms with E-state index in [4.69, 9.17) is 32.2 Å². The Morgan fingerprint density at radius 2 is 2.19 bits per heavy atom. The van der Waals surface area contributed by atoms with Crippen LogP contribution in [-0.2, 0) is 16.1 Å². The molecule has 1 amide bonds. The van der Waals surface area contributed by atoms with E-state index in [0.29, 0.717) is 49.9 Å². The number of carbonyl (C=O) groups excluding carboxylic acids is 1. The molecule has 2 aliphatic heterocycles. The van der Waals surface area contributed by atoms with E-state index in [0.717, 1.165) is 18.7 Å². The number of hydrogen-bond acceptors (Lipinski definition) is 8. The zero-order valence-electron chi connectivity index (χ0n) is 20.3. The number of nitrogens with two attached hydrogens (primary N) is 1. The number of morpholine rings is 1. The third-order valence-electron chi connectivity index (χ3n) is 6.35. The summed E-state index contributed by atoms with van der Waals surface area (Å²) in [6.07, 6.45) is 3.81. The van der Waals surface area contributed by atoms with Crippen LogP contribution in [0.1, 0.15) is 12.0 Å². The molecule has 0 radical (unpaired) electrons. The van der Waals surface area contributed by atoms with Gasteiger partial charge in [-0.2, -0.15) is 0 Å². The average molecular weight is 516 g/mol. The summed E-state index contributed by atoms with van der Waals surface area (Å²) in [6.45, 7) is 3.35. The van der Waals surface area contributed by atoms with Crippen molar-refractivity contribution in [3.05, 3.63) is 59.3 Å². The van der Waals surface area contributed by atoms with Crippen molar-refractivity contribution in [1.82, 2.24) is 15.2 Å². The number of benzene rings is 1. The Bertz CT molecular complexity index is 1160. The fraction of sp³-hybridized carbons (Fsp3) is 0.400. The Balaban J connectivity index is 1.50. The molecule has 0 saturated carbocycles. The van der Waals surface area contributed by atoms with Crippen molar-refractivity contribution in [3.8, 4) is 11.5 Å². The van der Waals surface area contributed by atoms with Gasteiger partial charge in [-0.25, -0.2) is 4.39 Å². The van der Waals surface area contributed by atoms with Gasteiger partial charge in [0.2, 0.25) is 0 Å². The first-order valence-corrected chi connectivity index (χ1v) is 12.1. The molecule has 4 rings (SSSR count). The first kappa shape index (κ1) is 25.8. The van der Waals surface area contributed by atoms with Gasteiger partial charge in [0.1, 0.15) is 17.3 Å². The molecular weight excluding hydrogens is 485 g/mol. The van der Waals surface area contributed by atoms with Crippen molar-refractivity contribution in [3.63, 3.8) is 0 Å². The van der Waals surface area contributed by atoms with Gasteiger partial charge in [0.15, 0.2) is 11.6 Å². The van der Waals surface area contributed by atoms with Crippen molar-refractivity contribution in [2.45, 2.75) is 19.0 Å². The molecule has 11 heteroatoms. The number of ether oxygens (including phenoxy) is 3. The quantitative estimate of drug-likeness (QED) is 0.486. The average Bonchev–Trinajstić information content (AvgIpc) is 2.87. The molecule has 1 aromatic carbocycles. The van der Waals surface area contributed by atoms with Crippen LogP contribution in [0.2, 0.25) is 0 Å². The maximum atomic E-state index is 14.2. The summed E-state index contributed by atoms with van der Waals surface area (Å²) in [4.78, 5) is 21.2. The summed E-state index contributed by atoms with van der Waals surface area (Å²) in [6, 6.07) is 6.46. The van der Waals surface area contributed by atoms with Crippen molar-refractivity contribution < 1.29 is 23.4 Å². The largest absolute Gasteiger partial charge is 0.492 e. The minimum atomic E-state index is -0.552. The van der Waals surface area contributed by atoms with Crippen LogP contribution in [0.5, 0.6) is 11.5 Å². The fourth-order valence-corrected chi connectivity index (χ4v) is 4.48. The summed E-state index contributed by atoms with van der Waals surface area (Å²) >= 11 is 5.22. The normalized spacial score (nSPS) is 18.8. The minimum Gasteiger partial charge on any atom is -0.492 e. The molecular formula is C25H30FN5O4S. The standard InChI is InChI=1S/C25H30FN5O4S/c1-30-10-11-34-14-17(30)15-35-21-13-28-8-6-16(21)12-29-19-7-9-31(25(32)22(19)24(27)36)20-5-3-4-18(26)23(20)33-2/h3-6,8,13,17,29H,7,9-12,14-15H2,1-2H3,(H2,27,36)/t17-/m1/s1. The number of anilines is 1. The zero-order chi connectivity index (χ0) is 25.7. The number of amides is 1. The van der Waals surface area contributed by atoms with Gasteiger partial charge < -0.3 is 30.2 Å². The SMILES string of the molecule is COc1c(F)cccc1N1CCC(NCc2ccncc2OC[C@H]2COCCN2C)=C(C(N)=S)C1=O. The number of thiocarbonyl (C=S) groups is 1. The fourth-order valence-electron chi connectivity index (χ4n) is 4.27. The first-order valence-electron chi connectivity index (χ1n) is 11.7. The van der Waals surface area contributed by atoms with Crippen LogP contribution in [-0.4, -0.2) is 73.9 Å². The summed E-state index contributed by atoms with van der Waals surface area (Å²) in [7, 11) is 3.41. The van der Waals surface area contributed by atoms with E-state index in [9.17, 15) is 9.18 Å². The lowest BCUT2D eigenvalue weighted by Crippen LogP contribution is -2.46. The molecule has 0 bridgehead atoms. The highest BCUT2D eigenvalue weighted by Crippen LogP contribution is 2.34. The summed E-state index contributed by atoms with van der Waals surface area (Å²) < 4.78 is 31.1. The molecule has 2 aliphatic rings. The molecule has 0 unspecified atom stereocenters. The van der Waals surface area contributed by atoms with Crippen LogP contribution in [0, 0.1) is 5.82 Å². The Labute approximate surface area is 215 Å². The van der Waals surface area contributed by atoms with Crippen LogP contribution in [0.4, 0.5) is 10.1 Å². The van der Waals surface area contributed by atoms with Crippen LogP contribution < -0.4 is 25.4 Å². The van der Waals surface area contributed by atoms with Gasteiger partial charge in [-0.15, -0.1) is 0 Å². The number of aromatic nitrogens is 1. The van der Waals surface area contributed by atoms with E-state index in [1.54, 1.807) is 18.5 Å². The predicted octanol–water partition coefficient (Wildman–Crippen LogP) is 2.01. The number of pyridine rings is 1. The molecule has 3 N–H and O–H groups in total. The molecule has 0 aliphatic carbocycles. The number of para-hydroxylation sites is 1. The third-order valence-corrected chi connectivity index (χ3v) is 6.55. The maximum absolute atomic E-state index is 14.2. The van der Waals surface area contributed by atoms with Gasteiger partial charge in [-0.3, -0.25) is 14.7 Å². The highest BCUT2D eigenvalue weighted by Gasteiger charge is 2.32. The second-order valence-corrected chi connectivity index (χ2v) is 9.01. The lowest BCUT2D eigenvalue weighted by atomic mass is 10.0. The smallest absolute Gasteiger partial charge is 0.263 e. The van der Waals surface area contributed by atoms with Crippen molar-refractivity contribution in [2.24, 2.45) is 5.73 Å². The summed E-state index contributed by atoms with van der Waals surface area (Å²) in [5.41, 5.74) is 7.99. The van der Waals surface area contributed by atoms with Gasteiger partial charge in [-0.05, 0) is 25.2 Å². The molecule has 0 spiro atoms. The van der Waals surface area contributed by atoms with Gasteiger partial charge in [0.25, 0.3) is 5.91 Å². The number of carbonyl (C=O) groups is 1. The van der Waals surface area contributed by atoms with E-state index in [1.807, 2.05) is 6.07 Å². The molecule has 1 aromatic heterocycles. The van der Waals surface area contributed by atoms with Crippen LogP contribution in [0.3, 0.4) is 0 Å². The molecule has 1 atom stereocenters. The van der Waals surface area contributed by atoms with Gasteiger partial charge in [0.05, 0.1) is 43.8 Å². The van der Waals surface area contributed by atoms with Crippen molar-refractivity contribution in [1.29, 1.82) is 0 Å². The summed E-state index contributed by atoms with van der Waals surface area (Å²) in [5, 5.41) is 3.32. The van der Waals surface area contributed by atoms with E-state index in [1.165, 1.54) is 24.1 Å². The van der Waals surface area contributed by atoms with E-state index in [-0.39, 0.29) is 22.4 Å². The van der Waals surface area contributed by atoms with Crippen LogP contribution in [0.25, 0.3) is 0 Å². The lowest BCUT2D eigenvalue weighted by molar-refractivity contribution is -0.115. The van der Waals surface area contributed by atoms with E-state index < -0.39 is 11.7 Å². The van der Waals surface area contributed by atoms with Crippen LogP contribution >= 0.6 is 12.2 Å². The number of rotatable bonds is 9. The molecule has 3 heterocycles. The Kier molecular flexibility index (Phi) is 8.34. The van der Waals surface area contributed by atoms with Gasteiger partial charge in [0, 0.05) is 43.5 Å². The molecule has 36 heavy (non-hydrogen) atoms. The minimum absolute atomic E-state index is 0.00265. The predicted molar refractivity (Wildman–Crippen MR) is 138 cm³/mol. The highest BCUT2D eigenvalue weighted by atomic mass is 32.1. The number of halogens is 1. The maximum Gasteiger partial charge on any atom is 0.263 e. The number of nitrogens with one attached hydrogen (secondary N) is 1. The topological polar surface area (TPSA) is 102 Å². The summed E-state index contributed by atoms with van der Waals surface area (Å²) in [5.74, 6) is -0.317. The zero-order valence-corrected chi connectivity index (χ0v) is 21.1. The molecule has 192 valence electrons. The Hall–Kier alpha value is -3.28. The van der Waals surface area contributed by atoms with Crippen molar-refractivity contribution in [2.75, 3.05) is 52.0 Å². The number of methoxy groups -OCH3 is 1. The van der Waals surface area contributed by atoms with Gasteiger partial charge in [-0.1, -0.05) is 18.3 Å². The second kappa shape index (κ2) is 11.6. The Morgan fingerprint density at radius 3 is 2.94 bits per heavy atom. The molecule has 9 nitrogen and oxygen atoms in total. The van der Waals surface area contributed by atoms with Gasteiger partial charge >= 0.3 is 0 Å². The first-order chi connectivity index (χ1) is 17.4. The second-order valence-electron chi connectivity index (χ2n) is 8.57. The third kappa shape index (κ3) is 5.58. The lowest BCUT2D eigenvalue weighted by Gasteiger charge is -2.32. The molecule has 2 aromatic rings. The monoisotopic (exact) mass is 515 g/mol.